The summed E-state index contributed by atoms with van der Waals surface area (Å²) in [4.78, 5) is 25.7. The van der Waals surface area contributed by atoms with Gasteiger partial charge >= 0.3 is 0 Å². The van der Waals surface area contributed by atoms with Gasteiger partial charge in [0.05, 0.1) is 15.5 Å². The zero-order valence-electron chi connectivity index (χ0n) is 13.7. The number of nitrogens with zero attached hydrogens (tertiary/aromatic N) is 3. The van der Waals surface area contributed by atoms with Crippen molar-refractivity contribution < 1.29 is 9.85 Å². The van der Waals surface area contributed by atoms with E-state index in [0.717, 1.165) is 0 Å². The second-order valence-corrected chi connectivity index (χ2v) is 5.46. The maximum atomic E-state index is 11.1. The Hall–Kier alpha value is -3.81. The molecule has 3 rings (SSSR count). The third-order valence-corrected chi connectivity index (χ3v) is 3.85. The van der Waals surface area contributed by atoms with Gasteiger partial charge in [-0.1, -0.05) is 30.3 Å². The summed E-state index contributed by atoms with van der Waals surface area (Å²) < 4.78 is 0. The first-order chi connectivity index (χ1) is 12.5. The third-order valence-electron chi connectivity index (χ3n) is 3.85. The van der Waals surface area contributed by atoms with Crippen LogP contribution >= 0.6 is 0 Å². The fourth-order valence-corrected chi connectivity index (χ4v) is 2.58. The summed E-state index contributed by atoms with van der Waals surface area (Å²) in [5, 5.41) is 25.7. The van der Waals surface area contributed by atoms with Gasteiger partial charge in [0.2, 0.25) is 0 Å². The molecule has 0 amide bonds. The van der Waals surface area contributed by atoms with Crippen LogP contribution in [0.3, 0.4) is 0 Å². The Labute approximate surface area is 148 Å². The normalized spacial score (nSPS) is 11.0. The number of hydrogen-bond acceptors (Lipinski definition) is 6. The van der Waals surface area contributed by atoms with Gasteiger partial charge < -0.3 is 5.32 Å². The van der Waals surface area contributed by atoms with Crippen molar-refractivity contribution in [3.05, 3.63) is 80.0 Å². The molecule has 0 atom stereocenters. The van der Waals surface area contributed by atoms with Crippen LogP contribution in [0.5, 0.6) is 0 Å². The highest BCUT2D eigenvalue weighted by Gasteiger charge is 2.13. The van der Waals surface area contributed by atoms with Crippen LogP contribution < -0.4 is 5.32 Å². The molecule has 0 unspecified atom stereocenters. The lowest BCUT2D eigenvalue weighted by Crippen LogP contribution is -1.96. The first-order valence-corrected chi connectivity index (χ1v) is 7.68. The molecule has 0 saturated heterocycles. The highest BCUT2D eigenvalue weighted by Crippen LogP contribution is 2.27. The van der Waals surface area contributed by atoms with Crippen LogP contribution in [0.1, 0.15) is 11.3 Å². The molecule has 26 heavy (non-hydrogen) atoms. The van der Waals surface area contributed by atoms with E-state index in [0.29, 0.717) is 27.8 Å². The molecule has 0 bridgehead atoms. The van der Waals surface area contributed by atoms with E-state index in [1.54, 1.807) is 55.6 Å². The van der Waals surface area contributed by atoms with E-state index in [2.05, 4.69) is 10.3 Å². The van der Waals surface area contributed by atoms with Crippen molar-refractivity contribution in [2.75, 3.05) is 12.4 Å². The second kappa shape index (κ2) is 6.98. The molecule has 2 aromatic carbocycles. The van der Waals surface area contributed by atoms with E-state index >= 15 is 0 Å². The summed E-state index contributed by atoms with van der Waals surface area (Å²) in [5.41, 5.74) is 1.78. The van der Waals surface area contributed by atoms with E-state index in [-0.39, 0.29) is 11.4 Å². The van der Waals surface area contributed by atoms with E-state index in [1.165, 1.54) is 12.1 Å². The fraction of sp³-hybridized carbons (Fsp3) is 0.0556. The monoisotopic (exact) mass is 350 g/mol. The second-order valence-electron chi connectivity index (χ2n) is 5.46. The van der Waals surface area contributed by atoms with Crippen LogP contribution in [0.15, 0.2) is 48.5 Å². The largest absolute Gasteiger partial charge is 0.383 e. The molecule has 1 aromatic heterocycles. The van der Waals surface area contributed by atoms with Crippen molar-refractivity contribution in [3.8, 4) is 0 Å². The summed E-state index contributed by atoms with van der Waals surface area (Å²) in [6.07, 6.45) is 3.34. The number of non-ortho nitro benzene ring substituents is 1. The predicted octanol–water partition coefficient (Wildman–Crippen LogP) is 4.26. The van der Waals surface area contributed by atoms with Crippen molar-refractivity contribution in [3.63, 3.8) is 0 Å². The maximum Gasteiger partial charge on any atom is 0.295 e. The summed E-state index contributed by atoms with van der Waals surface area (Å²) >= 11 is 0. The molecule has 0 aliphatic heterocycles. The lowest BCUT2D eigenvalue weighted by atomic mass is 10.1. The molecule has 0 aliphatic carbocycles. The topological polar surface area (TPSA) is 111 Å². The maximum absolute atomic E-state index is 11.1. The quantitative estimate of drug-likeness (QED) is 0.543. The van der Waals surface area contributed by atoms with Crippen LogP contribution in [-0.2, 0) is 0 Å². The molecule has 1 N–H and O–H groups in total. The van der Waals surface area contributed by atoms with Crippen LogP contribution in [-0.4, -0.2) is 21.9 Å². The number of nitro benzene ring substituents is 2. The summed E-state index contributed by atoms with van der Waals surface area (Å²) in [7, 11) is 1.61. The average Bonchev–Trinajstić information content (AvgIpc) is 2.65. The molecule has 1 heterocycles. The molecule has 130 valence electrons. The number of nitro groups is 2. The van der Waals surface area contributed by atoms with Gasteiger partial charge in [-0.2, -0.15) is 0 Å². The van der Waals surface area contributed by atoms with Gasteiger partial charge in [0.25, 0.3) is 11.4 Å². The number of para-hydroxylation sites is 1. The van der Waals surface area contributed by atoms with Crippen molar-refractivity contribution in [2.24, 2.45) is 0 Å². The first kappa shape index (κ1) is 17.0. The summed E-state index contributed by atoms with van der Waals surface area (Å²) in [5.74, 6) is 0. The minimum absolute atomic E-state index is 0.0308. The minimum Gasteiger partial charge on any atom is -0.383 e. The summed E-state index contributed by atoms with van der Waals surface area (Å²) in [6.45, 7) is 0. The molecule has 0 saturated carbocycles. The predicted molar refractivity (Wildman–Crippen MR) is 100.0 cm³/mol. The van der Waals surface area contributed by atoms with Crippen LogP contribution in [0.25, 0.3) is 23.1 Å². The minimum atomic E-state index is -0.470. The molecular formula is C18H14N4O4. The number of anilines is 1. The SMILES string of the molecule is CNc1ccc(C=Cc2ccc3cccc([N+](=O)[O-])c3n2)cc1[N+](=O)[O-]. The number of nitrogens with one attached hydrogen (secondary N) is 1. The molecule has 0 fully saturated rings. The number of aromatic nitrogens is 1. The standard InChI is InChI=1S/C18H14N4O4/c1-19-15-10-6-12(11-17(15)22(25)26)5-8-14-9-7-13-3-2-4-16(21(23)24)18(13)20-14/h2-11,19H,1H3. The van der Waals surface area contributed by atoms with Gasteiger partial charge in [-0.25, -0.2) is 4.98 Å². The highest BCUT2D eigenvalue weighted by molar-refractivity contribution is 5.88. The Morgan fingerprint density at radius 1 is 0.962 bits per heavy atom. The number of rotatable bonds is 5. The van der Waals surface area contributed by atoms with Crippen LogP contribution in [0, 0.1) is 20.2 Å². The van der Waals surface area contributed by atoms with Gasteiger partial charge in [-0.15, -0.1) is 0 Å². The number of pyridine rings is 1. The molecule has 0 radical (unpaired) electrons. The molecule has 0 spiro atoms. The smallest absolute Gasteiger partial charge is 0.295 e. The lowest BCUT2D eigenvalue weighted by Gasteiger charge is -2.03. The van der Waals surface area contributed by atoms with Gasteiger partial charge in [-0.3, -0.25) is 20.2 Å². The first-order valence-electron chi connectivity index (χ1n) is 7.68. The Morgan fingerprint density at radius 2 is 1.73 bits per heavy atom. The Morgan fingerprint density at radius 3 is 2.42 bits per heavy atom. The zero-order chi connectivity index (χ0) is 18.7. The van der Waals surface area contributed by atoms with Crippen molar-refractivity contribution in [1.29, 1.82) is 0 Å². The van der Waals surface area contributed by atoms with Gasteiger partial charge in [-0.05, 0) is 23.8 Å². The Bertz CT molecular complexity index is 1050. The Balaban J connectivity index is 1.98. The van der Waals surface area contributed by atoms with Gasteiger partial charge in [0.1, 0.15) is 11.2 Å². The van der Waals surface area contributed by atoms with Crippen molar-refractivity contribution >= 4 is 40.1 Å². The average molecular weight is 350 g/mol. The van der Waals surface area contributed by atoms with Crippen molar-refractivity contribution in [2.45, 2.75) is 0 Å². The van der Waals surface area contributed by atoms with E-state index < -0.39 is 9.85 Å². The molecule has 8 nitrogen and oxygen atoms in total. The van der Waals surface area contributed by atoms with E-state index in [4.69, 9.17) is 0 Å². The molecular weight excluding hydrogens is 336 g/mol. The highest BCUT2D eigenvalue weighted by atomic mass is 16.6. The third kappa shape index (κ3) is 3.34. The zero-order valence-corrected chi connectivity index (χ0v) is 13.7. The van der Waals surface area contributed by atoms with Gasteiger partial charge in [0, 0.05) is 24.6 Å². The van der Waals surface area contributed by atoms with E-state index in [1.807, 2.05) is 0 Å². The number of fused-ring (bicyclic) bond motifs is 1. The van der Waals surface area contributed by atoms with E-state index in [9.17, 15) is 20.2 Å². The molecule has 3 aromatic rings. The summed E-state index contributed by atoms with van der Waals surface area (Å²) in [6, 6.07) is 13.1. The Kier molecular flexibility index (Phi) is 4.57. The molecule has 8 heteroatoms. The van der Waals surface area contributed by atoms with Crippen LogP contribution in [0.4, 0.5) is 17.1 Å². The molecule has 0 aliphatic rings. The fourth-order valence-electron chi connectivity index (χ4n) is 2.58. The lowest BCUT2D eigenvalue weighted by molar-refractivity contribution is -0.384. The van der Waals surface area contributed by atoms with Gasteiger partial charge in [0.15, 0.2) is 0 Å². The number of benzene rings is 2. The van der Waals surface area contributed by atoms with Crippen molar-refractivity contribution in [1.82, 2.24) is 4.98 Å². The van der Waals surface area contributed by atoms with Crippen LogP contribution in [0.2, 0.25) is 0 Å². The number of hydrogen-bond donors (Lipinski definition) is 1.